The number of amides is 1. The molecule has 22 heavy (non-hydrogen) atoms. The molecule has 0 aliphatic rings. The number of benzene rings is 2. The third kappa shape index (κ3) is 4.55. The second kappa shape index (κ2) is 7.55. The van der Waals surface area contributed by atoms with Crippen molar-refractivity contribution in [1.29, 1.82) is 0 Å². The largest absolute Gasteiger partial charge is 0.271 e. The smallest absolute Gasteiger partial charge is 0.267 e. The summed E-state index contributed by atoms with van der Waals surface area (Å²) < 4.78 is 0. The number of hydrogen-bond acceptors (Lipinski definition) is 2. The van der Waals surface area contributed by atoms with Gasteiger partial charge in [0.1, 0.15) is 0 Å². The van der Waals surface area contributed by atoms with Crippen LogP contribution in [0.3, 0.4) is 0 Å². The third-order valence-corrected chi connectivity index (χ3v) is 3.28. The van der Waals surface area contributed by atoms with Crippen molar-refractivity contribution in [3.8, 4) is 0 Å². The van der Waals surface area contributed by atoms with Crippen molar-refractivity contribution >= 4 is 11.6 Å². The van der Waals surface area contributed by atoms with E-state index < -0.39 is 0 Å². The van der Waals surface area contributed by atoms with Gasteiger partial charge in [0.15, 0.2) is 0 Å². The van der Waals surface area contributed by atoms with Crippen LogP contribution >= 0.6 is 0 Å². The number of hydrogen-bond donors (Lipinski definition) is 1. The van der Waals surface area contributed by atoms with E-state index in [0.29, 0.717) is 11.5 Å². The van der Waals surface area contributed by atoms with Crippen LogP contribution in [0, 0.1) is 12.8 Å². The maximum atomic E-state index is 12.2. The number of nitrogens with zero attached hydrogens (tertiary/aromatic N) is 1. The zero-order chi connectivity index (χ0) is 15.9. The Labute approximate surface area is 132 Å². The topological polar surface area (TPSA) is 41.5 Å². The summed E-state index contributed by atoms with van der Waals surface area (Å²) in [5.74, 6) is 0.288. The van der Waals surface area contributed by atoms with Crippen LogP contribution in [0.1, 0.15) is 41.8 Å². The molecule has 0 saturated carbocycles. The van der Waals surface area contributed by atoms with Gasteiger partial charge in [0, 0.05) is 5.56 Å². The van der Waals surface area contributed by atoms with Gasteiger partial charge in [-0.2, -0.15) is 5.10 Å². The van der Waals surface area contributed by atoms with Crippen molar-refractivity contribution in [2.75, 3.05) is 0 Å². The molecule has 0 aromatic heterocycles. The highest BCUT2D eigenvalue weighted by atomic mass is 16.2. The molecule has 0 spiro atoms. The Hall–Kier alpha value is -2.42. The van der Waals surface area contributed by atoms with Gasteiger partial charge in [-0.05, 0) is 37.0 Å². The molecular weight excluding hydrogens is 272 g/mol. The van der Waals surface area contributed by atoms with Crippen molar-refractivity contribution in [2.24, 2.45) is 11.0 Å². The summed E-state index contributed by atoms with van der Waals surface area (Å²) in [5, 5.41) is 4.36. The molecule has 0 fully saturated rings. The van der Waals surface area contributed by atoms with Gasteiger partial charge >= 0.3 is 0 Å². The monoisotopic (exact) mass is 294 g/mol. The number of hydrazone groups is 1. The minimum atomic E-state index is -0.180. The molecule has 0 bridgehead atoms. The van der Waals surface area contributed by atoms with E-state index in [0.717, 1.165) is 23.3 Å². The molecule has 3 heteroatoms. The first-order chi connectivity index (χ1) is 10.6. The summed E-state index contributed by atoms with van der Waals surface area (Å²) >= 11 is 0. The minimum absolute atomic E-state index is 0.180. The first kappa shape index (κ1) is 16.0. The maximum absolute atomic E-state index is 12.2. The summed E-state index contributed by atoms with van der Waals surface area (Å²) in [6.07, 6.45) is 0.818. The maximum Gasteiger partial charge on any atom is 0.271 e. The Bertz CT molecular complexity index is 660. The minimum Gasteiger partial charge on any atom is -0.267 e. The highest BCUT2D eigenvalue weighted by Gasteiger charge is 2.09. The quantitative estimate of drug-likeness (QED) is 0.652. The first-order valence-electron chi connectivity index (χ1n) is 7.55. The lowest BCUT2D eigenvalue weighted by Crippen LogP contribution is -2.21. The summed E-state index contributed by atoms with van der Waals surface area (Å²) in [6.45, 7) is 6.25. The summed E-state index contributed by atoms with van der Waals surface area (Å²) in [7, 11) is 0. The van der Waals surface area contributed by atoms with Gasteiger partial charge in [0.05, 0.1) is 5.71 Å². The Morgan fingerprint density at radius 1 is 1.05 bits per heavy atom. The molecule has 0 aliphatic heterocycles. The fraction of sp³-hybridized carbons (Fsp3) is 0.263. The summed E-state index contributed by atoms with van der Waals surface area (Å²) in [4.78, 5) is 12.2. The fourth-order valence-electron chi connectivity index (χ4n) is 2.21. The fourth-order valence-corrected chi connectivity index (χ4v) is 2.21. The molecule has 114 valence electrons. The second-order valence-corrected chi connectivity index (χ2v) is 5.83. The van der Waals surface area contributed by atoms with Crippen LogP contribution in [0.4, 0.5) is 0 Å². The van der Waals surface area contributed by atoms with E-state index in [-0.39, 0.29) is 5.91 Å². The van der Waals surface area contributed by atoms with Gasteiger partial charge in [0.25, 0.3) is 5.91 Å². The predicted molar refractivity (Wildman–Crippen MR) is 91.1 cm³/mol. The average Bonchev–Trinajstić information content (AvgIpc) is 2.51. The number of carbonyl (C=O) groups excluding carboxylic acids is 1. The zero-order valence-electron chi connectivity index (χ0n) is 13.3. The molecule has 2 aromatic rings. The van der Waals surface area contributed by atoms with E-state index in [4.69, 9.17) is 0 Å². The first-order valence-corrected chi connectivity index (χ1v) is 7.55. The van der Waals surface area contributed by atoms with Crippen molar-refractivity contribution in [2.45, 2.75) is 27.2 Å². The molecule has 1 amide bonds. The van der Waals surface area contributed by atoms with Crippen LogP contribution in [0.15, 0.2) is 59.7 Å². The average molecular weight is 294 g/mol. The Kier molecular flexibility index (Phi) is 5.48. The molecule has 2 aromatic carbocycles. The lowest BCUT2D eigenvalue weighted by Gasteiger charge is -2.10. The van der Waals surface area contributed by atoms with Gasteiger partial charge in [-0.1, -0.05) is 61.9 Å². The molecule has 2 rings (SSSR count). The van der Waals surface area contributed by atoms with Gasteiger partial charge in [-0.3, -0.25) is 4.79 Å². The Morgan fingerprint density at radius 3 is 2.36 bits per heavy atom. The molecule has 3 nitrogen and oxygen atoms in total. The molecule has 0 heterocycles. The highest BCUT2D eigenvalue weighted by Crippen LogP contribution is 2.10. The van der Waals surface area contributed by atoms with Crippen molar-refractivity contribution in [3.63, 3.8) is 0 Å². The highest BCUT2D eigenvalue weighted by molar-refractivity contribution is 6.02. The van der Waals surface area contributed by atoms with E-state index in [1.54, 1.807) is 6.07 Å². The van der Waals surface area contributed by atoms with Gasteiger partial charge < -0.3 is 0 Å². The lowest BCUT2D eigenvalue weighted by molar-refractivity contribution is 0.0954. The molecular formula is C19H22N2O. The normalized spacial score (nSPS) is 11.5. The predicted octanol–water partition coefficient (Wildman–Crippen LogP) is 4.18. The standard InChI is InChI=1S/C19H22N2O/c1-14(2)12-18(16-9-5-4-6-10-16)20-21-19(22)17-11-7-8-15(3)13-17/h4-11,13-14H,12H2,1-3H3,(H,21,22). The van der Waals surface area contributed by atoms with Crippen LogP contribution in [0.25, 0.3) is 0 Å². The summed E-state index contributed by atoms with van der Waals surface area (Å²) in [6, 6.07) is 17.5. The van der Waals surface area contributed by atoms with E-state index in [1.165, 1.54) is 0 Å². The Morgan fingerprint density at radius 2 is 1.73 bits per heavy atom. The van der Waals surface area contributed by atoms with E-state index in [2.05, 4.69) is 24.4 Å². The van der Waals surface area contributed by atoms with Crippen LogP contribution in [-0.4, -0.2) is 11.6 Å². The van der Waals surface area contributed by atoms with E-state index in [1.807, 2.05) is 55.5 Å². The van der Waals surface area contributed by atoms with Crippen molar-refractivity contribution < 1.29 is 4.79 Å². The SMILES string of the molecule is Cc1cccc(C(=O)NN=C(CC(C)C)c2ccccc2)c1. The van der Waals surface area contributed by atoms with E-state index >= 15 is 0 Å². The van der Waals surface area contributed by atoms with Crippen LogP contribution < -0.4 is 5.43 Å². The zero-order valence-corrected chi connectivity index (χ0v) is 13.3. The number of nitrogens with one attached hydrogen (secondary N) is 1. The molecule has 0 saturated heterocycles. The number of rotatable bonds is 5. The van der Waals surface area contributed by atoms with Gasteiger partial charge in [-0.25, -0.2) is 5.43 Å². The number of carbonyl (C=O) groups is 1. The van der Waals surface area contributed by atoms with Crippen LogP contribution in [-0.2, 0) is 0 Å². The second-order valence-electron chi connectivity index (χ2n) is 5.83. The molecule has 0 aliphatic carbocycles. The third-order valence-electron chi connectivity index (χ3n) is 3.28. The van der Waals surface area contributed by atoms with Crippen molar-refractivity contribution in [3.05, 3.63) is 71.3 Å². The molecule has 0 radical (unpaired) electrons. The molecule has 1 N–H and O–H groups in total. The van der Waals surface area contributed by atoms with Crippen LogP contribution in [0.5, 0.6) is 0 Å². The van der Waals surface area contributed by atoms with Crippen molar-refractivity contribution in [1.82, 2.24) is 5.43 Å². The lowest BCUT2D eigenvalue weighted by atomic mass is 10.0. The molecule has 0 unspecified atom stereocenters. The van der Waals surface area contributed by atoms with E-state index in [9.17, 15) is 4.79 Å². The molecule has 0 atom stereocenters. The van der Waals surface area contributed by atoms with Crippen LogP contribution in [0.2, 0.25) is 0 Å². The van der Waals surface area contributed by atoms with Gasteiger partial charge in [-0.15, -0.1) is 0 Å². The Balaban J connectivity index is 2.18. The summed E-state index contributed by atoms with van der Waals surface area (Å²) in [5.41, 5.74) is 6.30. The van der Waals surface area contributed by atoms with Gasteiger partial charge in [0.2, 0.25) is 0 Å². The number of aryl methyl sites for hydroxylation is 1.